The number of hydrogen-bond acceptors (Lipinski definition) is 3. The van der Waals surface area contributed by atoms with Crippen LogP contribution in [0.4, 0.5) is 11.5 Å². The van der Waals surface area contributed by atoms with Crippen LogP contribution in [0.3, 0.4) is 0 Å². The van der Waals surface area contributed by atoms with Gasteiger partial charge in [-0.15, -0.1) is 0 Å². The second kappa shape index (κ2) is 3.01. The minimum Gasteiger partial charge on any atom is -0.386 e. The first kappa shape index (κ1) is 7.53. The van der Waals surface area contributed by atoms with Crippen LogP contribution in [0.15, 0.2) is 18.3 Å². The summed E-state index contributed by atoms with van der Waals surface area (Å²) in [5, 5.41) is 9.94. The van der Waals surface area contributed by atoms with Crippen LogP contribution in [0.5, 0.6) is 0 Å². The van der Waals surface area contributed by atoms with Crippen LogP contribution >= 0.6 is 0 Å². The molecule has 0 atom stereocenters. The molecule has 0 unspecified atom stereocenters. The third-order valence-electron chi connectivity index (χ3n) is 1.44. The van der Waals surface area contributed by atoms with E-state index in [0.717, 1.165) is 12.0 Å². The van der Waals surface area contributed by atoms with Gasteiger partial charge in [-0.2, -0.15) is 5.41 Å². The van der Waals surface area contributed by atoms with E-state index in [9.17, 15) is 0 Å². The van der Waals surface area contributed by atoms with Crippen molar-refractivity contribution in [3.8, 4) is 0 Å². The molecule has 0 spiro atoms. The molecular weight excluding hydrogens is 140 g/mol. The molecule has 0 fully saturated rings. The van der Waals surface area contributed by atoms with Crippen molar-refractivity contribution >= 4 is 17.8 Å². The van der Waals surface area contributed by atoms with Crippen LogP contribution in [0.1, 0.15) is 0 Å². The van der Waals surface area contributed by atoms with Crippen molar-refractivity contribution in [2.45, 2.75) is 0 Å². The summed E-state index contributed by atoms with van der Waals surface area (Å²) in [6.45, 7) is 0. The van der Waals surface area contributed by atoms with Gasteiger partial charge < -0.3 is 11.1 Å². The number of nitrogens with one attached hydrogen (secondary N) is 2. The van der Waals surface area contributed by atoms with E-state index in [1.165, 1.54) is 4.57 Å². The van der Waals surface area contributed by atoms with Gasteiger partial charge in [0.2, 0.25) is 12.2 Å². The van der Waals surface area contributed by atoms with Crippen LogP contribution in [0.2, 0.25) is 0 Å². The summed E-state index contributed by atoms with van der Waals surface area (Å²) in [6, 6.07) is 3.60. The number of hydrogen-bond donors (Lipinski definition) is 3. The summed E-state index contributed by atoms with van der Waals surface area (Å²) >= 11 is 0. The Balaban J connectivity index is 3.12. The lowest BCUT2D eigenvalue weighted by Crippen LogP contribution is -2.36. The lowest BCUT2D eigenvalue weighted by molar-refractivity contribution is -0.529. The predicted molar refractivity (Wildman–Crippen MR) is 44.8 cm³/mol. The van der Waals surface area contributed by atoms with Gasteiger partial charge in [-0.1, -0.05) is 0 Å². The Bertz CT molecular complexity index is 269. The first-order chi connectivity index (χ1) is 5.27. The van der Waals surface area contributed by atoms with Crippen LogP contribution in [-0.2, 0) is 0 Å². The van der Waals surface area contributed by atoms with Gasteiger partial charge in [-0.25, -0.2) is 4.57 Å². The minimum atomic E-state index is 0.555. The highest BCUT2D eigenvalue weighted by molar-refractivity contribution is 5.48. The smallest absolute Gasteiger partial charge is 0.223 e. The molecule has 0 aliphatic carbocycles. The van der Waals surface area contributed by atoms with Crippen molar-refractivity contribution in [2.24, 2.45) is 0 Å². The summed E-state index contributed by atoms with van der Waals surface area (Å²) in [5.74, 6) is 0.555. The van der Waals surface area contributed by atoms with Crippen molar-refractivity contribution in [3.05, 3.63) is 18.3 Å². The van der Waals surface area contributed by atoms with E-state index < -0.39 is 0 Å². The van der Waals surface area contributed by atoms with E-state index in [1.807, 2.05) is 13.1 Å². The van der Waals surface area contributed by atoms with Crippen LogP contribution in [-0.4, -0.2) is 13.4 Å². The zero-order valence-corrected chi connectivity index (χ0v) is 6.33. The molecule has 4 N–H and O–H groups in total. The largest absolute Gasteiger partial charge is 0.386 e. The van der Waals surface area contributed by atoms with E-state index in [0.29, 0.717) is 5.82 Å². The predicted octanol–water partition coefficient (Wildman–Crippen LogP) is 0.0532. The number of anilines is 2. The highest BCUT2D eigenvalue weighted by Crippen LogP contribution is 2.02. The van der Waals surface area contributed by atoms with Crippen LogP contribution in [0, 0.1) is 5.41 Å². The molecule has 4 heteroatoms. The Hall–Kier alpha value is -1.58. The average Bonchev–Trinajstić information content (AvgIpc) is 2.05. The lowest BCUT2D eigenvalue weighted by atomic mass is 10.4. The minimum absolute atomic E-state index is 0.555. The van der Waals surface area contributed by atoms with E-state index in [-0.39, 0.29) is 0 Å². The molecule has 1 heterocycles. The third-order valence-corrected chi connectivity index (χ3v) is 1.44. The molecular formula is C7H11N4+. The Kier molecular flexibility index (Phi) is 2.06. The quantitative estimate of drug-likeness (QED) is 0.318. The molecule has 0 saturated carbocycles. The molecule has 1 rings (SSSR count). The third kappa shape index (κ3) is 1.46. The lowest BCUT2D eigenvalue weighted by Gasteiger charge is -2.00. The first-order valence-corrected chi connectivity index (χ1v) is 3.27. The normalized spacial score (nSPS) is 9.18. The number of nitrogens with zero attached hydrogens (tertiary/aromatic N) is 1. The zero-order valence-electron chi connectivity index (χ0n) is 6.33. The van der Waals surface area contributed by atoms with Crippen molar-refractivity contribution < 1.29 is 4.57 Å². The number of aromatic nitrogens is 1. The molecule has 0 aliphatic heterocycles. The number of rotatable bonds is 2. The maximum absolute atomic E-state index is 6.99. The maximum atomic E-state index is 6.99. The van der Waals surface area contributed by atoms with Gasteiger partial charge in [-0.05, 0) is 6.07 Å². The summed E-state index contributed by atoms with van der Waals surface area (Å²) < 4.78 is 1.53. The Morgan fingerprint density at radius 1 is 1.64 bits per heavy atom. The molecule has 0 saturated heterocycles. The molecule has 1 aromatic rings. The van der Waals surface area contributed by atoms with Crippen molar-refractivity contribution in [1.29, 1.82) is 5.41 Å². The summed E-state index contributed by atoms with van der Waals surface area (Å²) in [6.07, 6.45) is 2.92. The molecule has 4 nitrogen and oxygen atoms in total. The molecule has 0 bridgehead atoms. The standard InChI is InChI=1S/C7H10N4/c1-10-6-2-3-7(9)11(4-6)5-8/h2-5,8-10H,1H3/p+1. The molecule has 0 aromatic carbocycles. The highest BCUT2D eigenvalue weighted by Gasteiger charge is 1.98. The van der Waals surface area contributed by atoms with Gasteiger partial charge in [0, 0.05) is 13.1 Å². The maximum Gasteiger partial charge on any atom is 0.223 e. The Labute approximate surface area is 65.2 Å². The number of nitrogens with two attached hydrogens (primary N) is 1. The van der Waals surface area contributed by atoms with E-state index in [1.54, 1.807) is 12.3 Å². The summed E-state index contributed by atoms with van der Waals surface area (Å²) in [4.78, 5) is 0. The van der Waals surface area contributed by atoms with Crippen molar-refractivity contribution in [3.63, 3.8) is 0 Å². The molecule has 11 heavy (non-hydrogen) atoms. The van der Waals surface area contributed by atoms with E-state index in [4.69, 9.17) is 11.1 Å². The molecule has 0 amide bonds. The van der Waals surface area contributed by atoms with Gasteiger partial charge in [-0.3, -0.25) is 0 Å². The Morgan fingerprint density at radius 3 is 2.91 bits per heavy atom. The molecule has 0 aliphatic rings. The zero-order chi connectivity index (χ0) is 8.27. The monoisotopic (exact) mass is 151 g/mol. The molecule has 58 valence electrons. The fourth-order valence-corrected chi connectivity index (χ4v) is 0.788. The van der Waals surface area contributed by atoms with Crippen LogP contribution in [0.25, 0.3) is 0 Å². The second-order valence-corrected chi connectivity index (χ2v) is 2.13. The second-order valence-electron chi connectivity index (χ2n) is 2.13. The number of pyridine rings is 1. The number of nitrogen functional groups attached to an aromatic ring is 1. The van der Waals surface area contributed by atoms with Crippen LogP contribution < -0.4 is 15.6 Å². The summed E-state index contributed by atoms with van der Waals surface area (Å²) in [7, 11) is 1.82. The Morgan fingerprint density at radius 2 is 2.36 bits per heavy atom. The van der Waals surface area contributed by atoms with Gasteiger partial charge in [0.15, 0.2) is 0 Å². The fourth-order valence-electron chi connectivity index (χ4n) is 0.788. The van der Waals surface area contributed by atoms with Gasteiger partial charge >= 0.3 is 0 Å². The average molecular weight is 151 g/mol. The molecule has 0 radical (unpaired) electrons. The summed E-state index contributed by atoms with van der Waals surface area (Å²) in [5.41, 5.74) is 6.47. The van der Waals surface area contributed by atoms with Crippen molar-refractivity contribution in [2.75, 3.05) is 18.1 Å². The van der Waals surface area contributed by atoms with Gasteiger partial charge in [0.05, 0.1) is 11.9 Å². The first-order valence-electron chi connectivity index (χ1n) is 3.27. The molecule has 1 aromatic heterocycles. The van der Waals surface area contributed by atoms with E-state index >= 15 is 0 Å². The van der Waals surface area contributed by atoms with E-state index in [2.05, 4.69) is 5.32 Å². The highest BCUT2D eigenvalue weighted by atomic mass is 15.0. The van der Waals surface area contributed by atoms with Gasteiger partial charge in [0.25, 0.3) is 0 Å². The van der Waals surface area contributed by atoms with Gasteiger partial charge in [0.1, 0.15) is 0 Å². The SMILES string of the molecule is CNc1ccc(N)[n+](C=N)c1. The topological polar surface area (TPSA) is 65.8 Å². The van der Waals surface area contributed by atoms with Crippen molar-refractivity contribution in [1.82, 2.24) is 0 Å². The fraction of sp³-hybridized carbons (Fsp3) is 0.143.